The number of rotatable bonds is 3. The fourth-order valence-electron chi connectivity index (χ4n) is 1.16. The van der Waals surface area contributed by atoms with Crippen molar-refractivity contribution >= 4 is 0 Å². The summed E-state index contributed by atoms with van der Waals surface area (Å²) in [6.45, 7) is 1.65. The van der Waals surface area contributed by atoms with Crippen LogP contribution in [0.25, 0.3) is 0 Å². The summed E-state index contributed by atoms with van der Waals surface area (Å²) in [7, 11) is 1.47. The highest BCUT2D eigenvalue weighted by Gasteiger charge is 2.15. The highest BCUT2D eigenvalue weighted by Crippen LogP contribution is 2.28. The maximum atomic E-state index is 13.3. The van der Waals surface area contributed by atoms with Gasteiger partial charge in [0.1, 0.15) is 17.7 Å². The first kappa shape index (κ1) is 9.95. The zero-order chi connectivity index (χ0) is 9.84. The molecule has 0 spiro atoms. The third-order valence-electron chi connectivity index (χ3n) is 1.84. The van der Waals surface area contributed by atoms with E-state index < -0.39 is 6.10 Å². The van der Waals surface area contributed by atoms with E-state index in [1.807, 2.05) is 0 Å². The quantitative estimate of drug-likeness (QED) is 0.730. The Hall–Kier alpha value is -1.13. The van der Waals surface area contributed by atoms with Gasteiger partial charge >= 0.3 is 0 Å². The van der Waals surface area contributed by atoms with Crippen molar-refractivity contribution in [3.63, 3.8) is 0 Å². The van der Waals surface area contributed by atoms with Crippen LogP contribution in [0.15, 0.2) is 18.2 Å². The number of ether oxygens (including phenoxy) is 1. The molecule has 1 aromatic rings. The van der Waals surface area contributed by atoms with Crippen molar-refractivity contribution in [1.29, 1.82) is 0 Å². The summed E-state index contributed by atoms with van der Waals surface area (Å²) in [4.78, 5) is 4.54. The molecule has 0 bridgehead atoms. The lowest BCUT2D eigenvalue weighted by atomic mass is 10.1. The standard InChI is InChI=1S/C9H12FNO2/c1-6(13-11)9-7(10)4-3-5-8(9)12-2/h3-6H,11H2,1-2H3. The maximum Gasteiger partial charge on any atom is 0.132 e. The van der Waals surface area contributed by atoms with E-state index in [0.717, 1.165) is 0 Å². The van der Waals surface area contributed by atoms with E-state index in [1.165, 1.54) is 13.2 Å². The van der Waals surface area contributed by atoms with Crippen LogP contribution in [0.5, 0.6) is 5.75 Å². The Labute approximate surface area is 76.2 Å². The second-order valence-electron chi connectivity index (χ2n) is 2.63. The first-order valence-electron chi connectivity index (χ1n) is 3.88. The molecule has 13 heavy (non-hydrogen) atoms. The van der Waals surface area contributed by atoms with Gasteiger partial charge in [-0.2, -0.15) is 0 Å². The van der Waals surface area contributed by atoms with Gasteiger partial charge in [0.2, 0.25) is 0 Å². The Morgan fingerprint density at radius 2 is 2.15 bits per heavy atom. The molecule has 0 amide bonds. The van der Waals surface area contributed by atoms with Gasteiger partial charge in [0.05, 0.1) is 12.7 Å². The average Bonchev–Trinajstić information content (AvgIpc) is 2.16. The summed E-state index contributed by atoms with van der Waals surface area (Å²) in [5.41, 5.74) is 0.340. The summed E-state index contributed by atoms with van der Waals surface area (Å²) in [5.74, 6) is 5.04. The lowest BCUT2D eigenvalue weighted by Crippen LogP contribution is -2.08. The van der Waals surface area contributed by atoms with Crippen LogP contribution in [0.2, 0.25) is 0 Å². The van der Waals surface area contributed by atoms with Crippen molar-refractivity contribution < 1.29 is 14.0 Å². The minimum Gasteiger partial charge on any atom is -0.496 e. The topological polar surface area (TPSA) is 44.5 Å². The van der Waals surface area contributed by atoms with Gasteiger partial charge in [-0.15, -0.1) is 0 Å². The van der Waals surface area contributed by atoms with E-state index in [1.54, 1.807) is 19.1 Å². The number of nitrogens with two attached hydrogens (primary N) is 1. The molecule has 0 heterocycles. The van der Waals surface area contributed by atoms with Crippen molar-refractivity contribution in [2.75, 3.05) is 7.11 Å². The summed E-state index contributed by atoms with van der Waals surface area (Å²) >= 11 is 0. The smallest absolute Gasteiger partial charge is 0.132 e. The van der Waals surface area contributed by atoms with E-state index in [-0.39, 0.29) is 5.82 Å². The zero-order valence-corrected chi connectivity index (χ0v) is 7.58. The van der Waals surface area contributed by atoms with Gasteiger partial charge in [-0.05, 0) is 19.1 Å². The SMILES string of the molecule is COc1cccc(F)c1C(C)ON. The number of hydrogen-bond donors (Lipinski definition) is 1. The van der Waals surface area contributed by atoms with Gasteiger partial charge in [0.15, 0.2) is 0 Å². The van der Waals surface area contributed by atoms with Crippen LogP contribution < -0.4 is 10.6 Å². The van der Waals surface area contributed by atoms with Crippen LogP contribution in [0.1, 0.15) is 18.6 Å². The zero-order valence-electron chi connectivity index (χ0n) is 7.58. The highest BCUT2D eigenvalue weighted by atomic mass is 19.1. The van der Waals surface area contributed by atoms with E-state index in [0.29, 0.717) is 11.3 Å². The Morgan fingerprint density at radius 3 is 2.69 bits per heavy atom. The van der Waals surface area contributed by atoms with Crippen LogP contribution in [0.3, 0.4) is 0 Å². The molecule has 0 aliphatic carbocycles. The minimum absolute atomic E-state index is 0.340. The predicted octanol–water partition coefficient (Wildman–Crippen LogP) is 1.79. The van der Waals surface area contributed by atoms with E-state index in [2.05, 4.69) is 4.84 Å². The lowest BCUT2D eigenvalue weighted by Gasteiger charge is -2.13. The van der Waals surface area contributed by atoms with Crippen molar-refractivity contribution in [1.82, 2.24) is 0 Å². The van der Waals surface area contributed by atoms with Crippen LogP contribution in [-0.4, -0.2) is 7.11 Å². The molecule has 0 aromatic heterocycles. The molecular weight excluding hydrogens is 173 g/mol. The number of hydrogen-bond acceptors (Lipinski definition) is 3. The molecule has 0 saturated heterocycles. The van der Waals surface area contributed by atoms with Crippen LogP contribution in [0, 0.1) is 5.82 Å². The van der Waals surface area contributed by atoms with Crippen LogP contribution in [-0.2, 0) is 4.84 Å². The minimum atomic E-state index is -0.517. The second-order valence-corrected chi connectivity index (χ2v) is 2.63. The van der Waals surface area contributed by atoms with Gasteiger partial charge in [0.25, 0.3) is 0 Å². The Balaban J connectivity index is 3.14. The molecule has 2 N–H and O–H groups in total. The Bertz CT molecular complexity index is 291. The normalized spacial score (nSPS) is 12.6. The molecule has 0 radical (unpaired) electrons. The van der Waals surface area contributed by atoms with E-state index in [4.69, 9.17) is 10.6 Å². The molecule has 0 aliphatic rings. The first-order chi connectivity index (χ1) is 6.20. The second kappa shape index (κ2) is 4.20. The van der Waals surface area contributed by atoms with Crippen molar-refractivity contribution in [3.8, 4) is 5.75 Å². The van der Waals surface area contributed by atoms with E-state index >= 15 is 0 Å². The highest BCUT2D eigenvalue weighted by molar-refractivity contribution is 5.36. The third-order valence-corrected chi connectivity index (χ3v) is 1.84. The fourth-order valence-corrected chi connectivity index (χ4v) is 1.16. The largest absolute Gasteiger partial charge is 0.496 e. The molecule has 1 rings (SSSR count). The van der Waals surface area contributed by atoms with Crippen molar-refractivity contribution in [3.05, 3.63) is 29.6 Å². The van der Waals surface area contributed by atoms with Crippen LogP contribution >= 0.6 is 0 Å². The van der Waals surface area contributed by atoms with E-state index in [9.17, 15) is 4.39 Å². The summed E-state index contributed by atoms with van der Waals surface area (Å²) < 4.78 is 18.2. The average molecular weight is 185 g/mol. The predicted molar refractivity (Wildman–Crippen MR) is 46.6 cm³/mol. The number of benzene rings is 1. The monoisotopic (exact) mass is 185 g/mol. The molecule has 1 unspecified atom stereocenters. The van der Waals surface area contributed by atoms with Crippen LogP contribution in [0.4, 0.5) is 4.39 Å². The maximum absolute atomic E-state index is 13.3. The third kappa shape index (κ3) is 1.96. The number of halogens is 1. The van der Waals surface area contributed by atoms with Gasteiger partial charge in [0, 0.05) is 0 Å². The first-order valence-corrected chi connectivity index (χ1v) is 3.88. The van der Waals surface area contributed by atoms with Gasteiger partial charge in [-0.1, -0.05) is 6.07 Å². The Kier molecular flexibility index (Phi) is 3.22. The molecule has 4 heteroatoms. The van der Waals surface area contributed by atoms with Gasteiger partial charge < -0.3 is 4.74 Å². The molecule has 1 aromatic carbocycles. The molecule has 0 saturated carbocycles. The number of methoxy groups -OCH3 is 1. The van der Waals surface area contributed by atoms with Gasteiger partial charge in [-0.25, -0.2) is 10.3 Å². The molecule has 3 nitrogen and oxygen atoms in total. The summed E-state index contributed by atoms with van der Waals surface area (Å²) in [5, 5.41) is 0. The summed E-state index contributed by atoms with van der Waals surface area (Å²) in [6.07, 6.45) is -0.517. The molecular formula is C9H12FNO2. The van der Waals surface area contributed by atoms with Crippen molar-refractivity contribution in [2.45, 2.75) is 13.0 Å². The van der Waals surface area contributed by atoms with Crippen molar-refractivity contribution in [2.24, 2.45) is 5.90 Å². The lowest BCUT2D eigenvalue weighted by molar-refractivity contribution is 0.0619. The molecule has 72 valence electrons. The summed E-state index contributed by atoms with van der Waals surface area (Å²) in [6, 6.07) is 4.57. The van der Waals surface area contributed by atoms with Gasteiger partial charge in [-0.3, -0.25) is 4.84 Å². The molecule has 0 fully saturated rings. The Morgan fingerprint density at radius 1 is 1.46 bits per heavy atom. The molecule has 1 atom stereocenters. The fraction of sp³-hybridized carbons (Fsp3) is 0.333. The molecule has 0 aliphatic heterocycles.